The summed E-state index contributed by atoms with van der Waals surface area (Å²) in [5, 5.41) is 10.6. The van der Waals surface area contributed by atoms with Crippen LogP contribution >= 0.6 is 0 Å². The van der Waals surface area contributed by atoms with Crippen LogP contribution in [0.3, 0.4) is 0 Å². The van der Waals surface area contributed by atoms with Crippen LogP contribution in [-0.4, -0.2) is 11.0 Å². The van der Waals surface area contributed by atoms with Gasteiger partial charge < -0.3 is 5.73 Å². The Hall–Kier alpha value is -1.42. The number of hydrogen-bond donors (Lipinski definition) is 1. The van der Waals surface area contributed by atoms with Crippen LogP contribution in [0.1, 0.15) is 31.7 Å². The highest BCUT2D eigenvalue weighted by Gasteiger charge is 2.07. The molecule has 0 bridgehead atoms. The third-order valence-electron chi connectivity index (χ3n) is 2.58. The highest BCUT2D eigenvalue weighted by Crippen LogP contribution is 2.15. The number of aryl methyl sites for hydroxylation is 1. The van der Waals surface area contributed by atoms with Crippen molar-refractivity contribution in [2.75, 3.05) is 0 Å². The molecule has 2 N–H and O–H groups in total. The van der Waals surface area contributed by atoms with Gasteiger partial charge in [0.25, 0.3) is 5.69 Å². The van der Waals surface area contributed by atoms with Crippen LogP contribution in [-0.2, 0) is 6.42 Å². The molecule has 88 valence electrons. The first-order chi connectivity index (χ1) is 7.63. The molecule has 1 atom stereocenters. The second-order valence-corrected chi connectivity index (χ2v) is 4.01. The van der Waals surface area contributed by atoms with Gasteiger partial charge in [-0.25, -0.2) is 0 Å². The maximum atomic E-state index is 10.6. The number of nitrogens with zero attached hydrogens (tertiary/aromatic N) is 1. The van der Waals surface area contributed by atoms with E-state index in [1.807, 2.05) is 6.07 Å². The van der Waals surface area contributed by atoms with E-state index in [0.717, 1.165) is 31.2 Å². The SMILES string of the molecule is CCCC(N)CCc1cccc([N+](=O)[O-])c1. The van der Waals surface area contributed by atoms with Crippen LogP contribution in [0.15, 0.2) is 24.3 Å². The van der Waals surface area contributed by atoms with Gasteiger partial charge in [-0.3, -0.25) is 10.1 Å². The lowest BCUT2D eigenvalue weighted by atomic mass is 10.0. The Morgan fingerprint density at radius 3 is 2.81 bits per heavy atom. The van der Waals surface area contributed by atoms with Crippen LogP contribution in [0.4, 0.5) is 5.69 Å². The molecule has 1 unspecified atom stereocenters. The van der Waals surface area contributed by atoms with Crippen molar-refractivity contribution in [3.63, 3.8) is 0 Å². The Morgan fingerprint density at radius 2 is 2.19 bits per heavy atom. The molecule has 4 heteroatoms. The van der Waals surface area contributed by atoms with E-state index in [2.05, 4.69) is 6.92 Å². The van der Waals surface area contributed by atoms with E-state index >= 15 is 0 Å². The minimum absolute atomic E-state index is 0.154. The Balaban J connectivity index is 2.54. The Kier molecular flexibility index (Phi) is 4.92. The van der Waals surface area contributed by atoms with Gasteiger partial charge in [-0.15, -0.1) is 0 Å². The van der Waals surface area contributed by atoms with E-state index in [4.69, 9.17) is 5.73 Å². The topological polar surface area (TPSA) is 69.2 Å². The molecule has 0 aliphatic rings. The summed E-state index contributed by atoms with van der Waals surface area (Å²) in [6.45, 7) is 2.10. The molecule has 16 heavy (non-hydrogen) atoms. The average molecular weight is 222 g/mol. The van der Waals surface area contributed by atoms with Crippen molar-refractivity contribution in [1.29, 1.82) is 0 Å². The van der Waals surface area contributed by atoms with E-state index in [-0.39, 0.29) is 16.7 Å². The fourth-order valence-corrected chi connectivity index (χ4v) is 1.69. The van der Waals surface area contributed by atoms with Crippen molar-refractivity contribution in [3.05, 3.63) is 39.9 Å². The quantitative estimate of drug-likeness (QED) is 0.594. The molecule has 0 heterocycles. The summed E-state index contributed by atoms with van der Waals surface area (Å²) >= 11 is 0. The molecular formula is C12H18N2O2. The van der Waals surface area contributed by atoms with Crippen molar-refractivity contribution in [2.45, 2.75) is 38.6 Å². The van der Waals surface area contributed by atoms with Crippen LogP contribution in [0.5, 0.6) is 0 Å². The zero-order chi connectivity index (χ0) is 12.0. The van der Waals surface area contributed by atoms with Crippen molar-refractivity contribution in [2.24, 2.45) is 5.73 Å². The fraction of sp³-hybridized carbons (Fsp3) is 0.500. The number of non-ortho nitro benzene ring substituents is 1. The van der Waals surface area contributed by atoms with Gasteiger partial charge in [-0.05, 0) is 24.8 Å². The minimum atomic E-state index is -0.366. The highest BCUT2D eigenvalue weighted by atomic mass is 16.6. The summed E-state index contributed by atoms with van der Waals surface area (Å²) in [5.74, 6) is 0. The molecule has 1 rings (SSSR count). The molecule has 0 saturated heterocycles. The number of hydrogen-bond acceptors (Lipinski definition) is 3. The first kappa shape index (κ1) is 12.6. The maximum absolute atomic E-state index is 10.6. The van der Waals surface area contributed by atoms with Crippen LogP contribution < -0.4 is 5.73 Å². The highest BCUT2D eigenvalue weighted by molar-refractivity contribution is 5.34. The second kappa shape index (κ2) is 6.23. The Morgan fingerprint density at radius 1 is 1.44 bits per heavy atom. The average Bonchev–Trinajstić information content (AvgIpc) is 2.27. The second-order valence-electron chi connectivity index (χ2n) is 4.01. The van der Waals surface area contributed by atoms with E-state index in [1.54, 1.807) is 12.1 Å². The van der Waals surface area contributed by atoms with E-state index in [1.165, 1.54) is 6.07 Å². The van der Waals surface area contributed by atoms with E-state index < -0.39 is 0 Å². The maximum Gasteiger partial charge on any atom is 0.269 e. The number of nitrogens with two attached hydrogens (primary N) is 1. The van der Waals surface area contributed by atoms with Crippen molar-refractivity contribution in [1.82, 2.24) is 0 Å². The largest absolute Gasteiger partial charge is 0.328 e. The molecule has 4 nitrogen and oxygen atoms in total. The monoisotopic (exact) mass is 222 g/mol. The third kappa shape index (κ3) is 3.98. The molecule has 0 spiro atoms. The predicted octanol–water partition coefficient (Wildman–Crippen LogP) is 2.65. The molecule has 0 radical (unpaired) electrons. The predicted molar refractivity (Wildman–Crippen MR) is 64.3 cm³/mol. The van der Waals surface area contributed by atoms with Gasteiger partial charge in [0, 0.05) is 18.2 Å². The third-order valence-corrected chi connectivity index (χ3v) is 2.58. The number of benzene rings is 1. The lowest BCUT2D eigenvalue weighted by molar-refractivity contribution is -0.384. The summed E-state index contributed by atoms with van der Waals surface area (Å²) in [5.41, 5.74) is 7.04. The molecule has 0 fully saturated rings. The van der Waals surface area contributed by atoms with Crippen LogP contribution in [0.25, 0.3) is 0 Å². The first-order valence-corrected chi connectivity index (χ1v) is 5.62. The Labute approximate surface area is 95.6 Å². The molecular weight excluding hydrogens is 204 g/mol. The summed E-state index contributed by atoms with van der Waals surface area (Å²) in [4.78, 5) is 10.2. The first-order valence-electron chi connectivity index (χ1n) is 5.62. The van der Waals surface area contributed by atoms with Crippen molar-refractivity contribution in [3.8, 4) is 0 Å². The fourth-order valence-electron chi connectivity index (χ4n) is 1.69. The summed E-state index contributed by atoms with van der Waals surface area (Å²) < 4.78 is 0. The van der Waals surface area contributed by atoms with Gasteiger partial charge >= 0.3 is 0 Å². The zero-order valence-corrected chi connectivity index (χ0v) is 9.56. The molecule has 1 aromatic rings. The summed E-state index contributed by atoms with van der Waals surface area (Å²) in [6.07, 6.45) is 3.78. The molecule has 0 aliphatic heterocycles. The smallest absolute Gasteiger partial charge is 0.269 e. The summed E-state index contributed by atoms with van der Waals surface area (Å²) in [7, 11) is 0. The number of nitro groups is 1. The van der Waals surface area contributed by atoms with Crippen LogP contribution in [0, 0.1) is 10.1 Å². The summed E-state index contributed by atoms with van der Waals surface area (Å²) in [6, 6.07) is 6.96. The molecule has 0 aromatic heterocycles. The van der Waals surface area contributed by atoms with Crippen molar-refractivity contribution >= 4 is 5.69 Å². The molecule has 0 saturated carbocycles. The van der Waals surface area contributed by atoms with Gasteiger partial charge in [0.2, 0.25) is 0 Å². The van der Waals surface area contributed by atoms with Gasteiger partial charge in [0.1, 0.15) is 0 Å². The van der Waals surface area contributed by atoms with E-state index in [0.29, 0.717) is 0 Å². The van der Waals surface area contributed by atoms with Gasteiger partial charge in [-0.2, -0.15) is 0 Å². The van der Waals surface area contributed by atoms with Gasteiger partial charge in [-0.1, -0.05) is 25.5 Å². The standard InChI is InChI=1S/C12H18N2O2/c1-2-4-11(13)8-7-10-5-3-6-12(9-10)14(15)16/h3,5-6,9,11H,2,4,7-8,13H2,1H3. The van der Waals surface area contributed by atoms with Gasteiger partial charge in [0.15, 0.2) is 0 Å². The number of nitro benzene ring substituents is 1. The van der Waals surface area contributed by atoms with Crippen LogP contribution in [0.2, 0.25) is 0 Å². The number of rotatable bonds is 6. The van der Waals surface area contributed by atoms with E-state index in [9.17, 15) is 10.1 Å². The molecule has 1 aromatic carbocycles. The normalized spacial score (nSPS) is 12.4. The molecule has 0 amide bonds. The molecule has 0 aliphatic carbocycles. The minimum Gasteiger partial charge on any atom is -0.328 e. The van der Waals surface area contributed by atoms with Crippen molar-refractivity contribution < 1.29 is 4.92 Å². The van der Waals surface area contributed by atoms with Gasteiger partial charge in [0.05, 0.1) is 4.92 Å². The lowest BCUT2D eigenvalue weighted by Gasteiger charge is -2.09. The lowest BCUT2D eigenvalue weighted by Crippen LogP contribution is -2.20. The Bertz CT molecular complexity index is 353. The zero-order valence-electron chi connectivity index (χ0n) is 9.56.